The molecule has 0 atom stereocenters. The lowest BCUT2D eigenvalue weighted by Crippen LogP contribution is -2.09. The molecule has 0 unspecified atom stereocenters. The summed E-state index contributed by atoms with van der Waals surface area (Å²) in [6.07, 6.45) is 1.27. The van der Waals surface area contributed by atoms with Gasteiger partial charge in [-0.15, -0.1) is 0 Å². The van der Waals surface area contributed by atoms with Crippen molar-refractivity contribution >= 4 is 28.4 Å². The predicted octanol–water partition coefficient (Wildman–Crippen LogP) is 1.20. The lowest BCUT2D eigenvalue weighted by atomic mass is 10.3. The summed E-state index contributed by atoms with van der Waals surface area (Å²) in [6.45, 7) is 3.11. The molecular weight excluding hydrogens is 176 g/mol. The molecule has 0 aromatic rings. The molecule has 0 amide bonds. The smallest absolute Gasteiger partial charge is 0.255 e. The Morgan fingerprint density at radius 2 is 1.83 bits per heavy atom. The molecule has 0 aliphatic rings. The molecule has 0 heterocycles. The van der Waals surface area contributed by atoms with Crippen LogP contribution in [-0.4, -0.2) is 22.4 Å². The summed E-state index contributed by atoms with van der Waals surface area (Å²) in [5, 5.41) is -0.528. The van der Waals surface area contributed by atoms with Crippen molar-refractivity contribution in [3.63, 3.8) is 0 Å². The first-order chi connectivity index (χ1) is 5.57. The summed E-state index contributed by atoms with van der Waals surface area (Å²) in [6, 6.07) is 0. The molecule has 0 N–H and O–H groups in total. The Kier molecular flexibility index (Phi) is 5.62. The molecule has 0 fully saturated rings. The fraction of sp³-hybridized carbons (Fsp3) is 0.625. The van der Waals surface area contributed by atoms with Crippen molar-refractivity contribution in [1.29, 1.82) is 0 Å². The highest BCUT2D eigenvalue weighted by atomic mass is 32.2. The molecular formula is C8H12O3S. The van der Waals surface area contributed by atoms with Gasteiger partial charge in [0.25, 0.3) is 5.12 Å². The molecule has 0 aliphatic carbocycles. The van der Waals surface area contributed by atoms with Crippen molar-refractivity contribution in [3.05, 3.63) is 0 Å². The van der Waals surface area contributed by atoms with E-state index >= 15 is 0 Å². The number of rotatable bonds is 5. The van der Waals surface area contributed by atoms with E-state index in [1.165, 1.54) is 6.92 Å². The van der Waals surface area contributed by atoms with Gasteiger partial charge in [-0.2, -0.15) is 0 Å². The molecule has 0 aliphatic heterocycles. The number of Topliss-reactive ketones (excluding diaryl/α,β-unsaturated/α-hetero) is 2. The summed E-state index contributed by atoms with van der Waals surface area (Å²) in [5.41, 5.74) is 0. The minimum atomic E-state index is -0.528. The third-order valence-electron chi connectivity index (χ3n) is 1.18. The van der Waals surface area contributed by atoms with Gasteiger partial charge >= 0.3 is 0 Å². The quantitative estimate of drug-likeness (QED) is 0.608. The zero-order valence-corrected chi connectivity index (χ0v) is 8.07. The molecule has 0 saturated carbocycles. The van der Waals surface area contributed by atoms with E-state index in [1.807, 2.05) is 6.92 Å². The second-order valence-corrected chi connectivity index (χ2v) is 3.37. The predicted molar refractivity (Wildman–Crippen MR) is 48.1 cm³/mol. The standard InChI is InChI=1S/C8H12O3S/c1-3-4-7(10)5-12-8(11)6(2)9/h3-5H2,1-2H3. The summed E-state index contributed by atoms with van der Waals surface area (Å²) >= 11 is 0.795. The van der Waals surface area contributed by atoms with E-state index in [2.05, 4.69) is 0 Å². The van der Waals surface area contributed by atoms with Gasteiger partial charge in [0, 0.05) is 13.3 Å². The van der Waals surface area contributed by atoms with Gasteiger partial charge in [-0.25, -0.2) is 0 Å². The van der Waals surface area contributed by atoms with Gasteiger partial charge in [-0.1, -0.05) is 18.7 Å². The van der Waals surface area contributed by atoms with E-state index in [-0.39, 0.29) is 11.5 Å². The third-order valence-corrected chi connectivity index (χ3v) is 2.20. The van der Waals surface area contributed by atoms with E-state index < -0.39 is 10.9 Å². The summed E-state index contributed by atoms with van der Waals surface area (Å²) in [5.74, 6) is -0.340. The maximum atomic E-state index is 10.9. The van der Waals surface area contributed by atoms with Crippen LogP contribution in [0.3, 0.4) is 0 Å². The Hall–Kier alpha value is -0.640. The summed E-state index contributed by atoms with van der Waals surface area (Å²) in [7, 11) is 0. The molecule has 0 saturated heterocycles. The van der Waals surface area contributed by atoms with E-state index in [1.54, 1.807) is 0 Å². The van der Waals surface area contributed by atoms with Crippen LogP contribution >= 0.6 is 11.8 Å². The highest BCUT2D eigenvalue weighted by molar-refractivity contribution is 8.15. The van der Waals surface area contributed by atoms with E-state index in [0.29, 0.717) is 6.42 Å². The van der Waals surface area contributed by atoms with Gasteiger partial charge in [0.05, 0.1) is 5.75 Å². The van der Waals surface area contributed by atoms with E-state index in [9.17, 15) is 14.4 Å². The molecule has 0 bridgehead atoms. The average molecular weight is 188 g/mol. The topological polar surface area (TPSA) is 51.2 Å². The van der Waals surface area contributed by atoms with Gasteiger partial charge in [0.1, 0.15) is 5.78 Å². The Bertz CT molecular complexity index is 198. The van der Waals surface area contributed by atoms with Crippen LogP contribution in [0.2, 0.25) is 0 Å². The van der Waals surface area contributed by atoms with Crippen LogP contribution in [0.15, 0.2) is 0 Å². The fourth-order valence-electron chi connectivity index (χ4n) is 0.599. The Morgan fingerprint density at radius 1 is 1.25 bits per heavy atom. The summed E-state index contributed by atoms with van der Waals surface area (Å²) < 4.78 is 0. The van der Waals surface area contributed by atoms with Crippen molar-refractivity contribution in [1.82, 2.24) is 0 Å². The molecule has 3 nitrogen and oxygen atoms in total. The number of carbonyl (C=O) groups excluding carboxylic acids is 3. The Labute approximate surface area is 75.9 Å². The highest BCUT2D eigenvalue weighted by Crippen LogP contribution is 2.04. The van der Waals surface area contributed by atoms with Crippen LogP contribution in [0.4, 0.5) is 0 Å². The molecule has 4 heteroatoms. The van der Waals surface area contributed by atoms with Crippen molar-refractivity contribution in [3.8, 4) is 0 Å². The van der Waals surface area contributed by atoms with Crippen molar-refractivity contribution in [2.24, 2.45) is 0 Å². The zero-order valence-electron chi connectivity index (χ0n) is 7.25. The molecule has 0 aromatic heterocycles. The van der Waals surface area contributed by atoms with Crippen molar-refractivity contribution in [2.45, 2.75) is 26.7 Å². The zero-order chi connectivity index (χ0) is 9.56. The molecule has 0 aromatic carbocycles. The lowest BCUT2D eigenvalue weighted by molar-refractivity contribution is -0.130. The molecule has 0 radical (unpaired) electrons. The van der Waals surface area contributed by atoms with Crippen LogP contribution in [0.1, 0.15) is 26.7 Å². The SMILES string of the molecule is CCCC(=O)CSC(=O)C(C)=O. The van der Waals surface area contributed by atoms with E-state index in [0.717, 1.165) is 18.2 Å². The Balaban J connectivity index is 3.61. The third kappa shape index (κ3) is 5.07. The maximum absolute atomic E-state index is 10.9. The first-order valence-electron chi connectivity index (χ1n) is 3.77. The van der Waals surface area contributed by atoms with Crippen LogP contribution in [0.25, 0.3) is 0 Å². The van der Waals surface area contributed by atoms with Crippen molar-refractivity contribution < 1.29 is 14.4 Å². The van der Waals surface area contributed by atoms with Gasteiger partial charge in [0.15, 0.2) is 0 Å². The van der Waals surface area contributed by atoms with Crippen molar-refractivity contribution in [2.75, 3.05) is 5.75 Å². The fourth-order valence-corrected chi connectivity index (χ4v) is 1.24. The first kappa shape index (κ1) is 11.4. The molecule has 12 heavy (non-hydrogen) atoms. The lowest BCUT2D eigenvalue weighted by Gasteiger charge is -1.95. The molecule has 68 valence electrons. The number of carbonyl (C=O) groups is 3. The van der Waals surface area contributed by atoms with E-state index in [4.69, 9.17) is 0 Å². The monoisotopic (exact) mass is 188 g/mol. The molecule has 0 rings (SSSR count). The van der Waals surface area contributed by atoms with Crippen LogP contribution in [-0.2, 0) is 14.4 Å². The number of ketones is 2. The Morgan fingerprint density at radius 3 is 2.25 bits per heavy atom. The highest BCUT2D eigenvalue weighted by Gasteiger charge is 2.10. The molecule has 0 spiro atoms. The number of hydrogen-bond acceptors (Lipinski definition) is 4. The number of hydrogen-bond donors (Lipinski definition) is 0. The summed E-state index contributed by atoms with van der Waals surface area (Å²) in [4.78, 5) is 32.0. The van der Waals surface area contributed by atoms with Crippen LogP contribution in [0, 0.1) is 0 Å². The first-order valence-corrected chi connectivity index (χ1v) is 4.75. The minimum absolute atomic E-state index is 0.0251. The second-order valence-electron chi connectivity index (χ2n) is 2.42. The van der Waals surface area contributed by atoms with Gasteiger partial charge in [0.2, 0.25) is 5.78 Å². The maximum Gasteiger partial charge on any atom is 0.255 e. The van der Waals surface area contributed by atoms with Crippen LogP contribution < -0.4 is 0 Å². The average Bonchev–Trinajstić information content (AvgIpc) is 2.00. The van der Waals surface area contributed by atoms with Crippen LogP contribution in [0.5, 0.6) is 0 Å². The van der Waals surface area contributed by atoms with Gasteiger partial charge in [-0.05, 0) is 6.42 Å². The van der Waals surface area contributed by atoms with Gasteiger partial charge in [-0.3, -0.25) is 14.4 Å². The minimum Gasteiger partial charge on any atom is -0.299 e. The largest absolute Gasteiger partial charge is 0.299 e. The number of thioether (sulfide) groups is 1. The van der Waals surface area contributed by atoms with Gasteiger partial charge < -0.3 is 0 Å². The normalized spacial score (nSPS) is 9.50. The second kappa shape index (κ2) is 5.94.